The van der Waals surface area contributed by atoms with E-state index in [9.17, 15) is 0 Å². The SMILES string of the molecule is C[C@]12CCC3(C[C@@H]1CC[C@H]1O[C@@H]12)OCCO3. The van der Waals surface area contributed by atoms with Crippen molar-refractivity contribution in [1.29, 1.82) is 0 Å². The molecule has 0 aromatic carbocycles. The molecule has 2 heterocycles. The van der Waals surface area contributed by atoms with E-state index >= 15 is 0 Å². The van der Waals surface area contributed by atoms with Gasteiger partial charge in [0.25, 0.3) is 0 Å². The minimum Gasteiger partial charge on any atom is -0.369 e. The van der Waals surface area contributed by atoms with Crippen LogP contribution >= 0.6 is 0 Å². The maximum absolute atomic E-state index is 5.86. The lowest BCUT2D eigenvalue weighted by molar-refractivity contribution is -0.210. The third kappa shape index (κ3) is 1.20. The van der Waals surface area contributed by atoms with Crippen molar-refractivity contribution in [1.82, 2.24) is 0 Å². The average molecular weight is 224 g/mol. The molecule has 16 heavy (non-hydrogen) atoms. The highest BCUT2D eigenvalue weighted by atomic mass is 16.7. The first-order chi connectivity index (χ1) is 7.72. The molecule has 3 heteroatoms. The van der Waals surface area contributed by atoms with E-state index in [-0.39, 0.29) is 5.79 Å². The van der Waals surface area contributed by atoms with E-state index in [2.05, 4.69) is 6.92 Å². The van der Waals surface area contributed by atoms with E-state index in [0.29, 0.717) is 17.6 Å². The van der Waals surface area contributed by atoms with E-state index < -0.39 is 0 Å². The molecule has 4 aliphatic rings. The molecule has 0 aromatic rings. The smallest absolute Gasteiger partial charge is 0.168 e. The Labute approximate surface area is 96.4 Å². The van der Waals surface area contributed by atoms with Gasteiger partial charge >= 0.3 is 0 Å². The quantitative estimate of drug-likeness (QED) is 0.590. The van der Waals surface area contributed by atoms with Crippen molar-refractivity contribution < 1.29 is 14.2 Å². The summed E-state index contributed by atoms with van der Waals surface area (Å²) in [7, 11) is 0. The van der Waals surface area contributed by atoms with Crippen LogP contribution in [-0.2, 0) is 14.2 Å². The predicted molar refractivity (Wildman–Crippen MR) is 58.0 cm³/mol. The Bertz CT molecular complexity index is 310. The van der Waals surface area contributed by atoms with Crippen LogP contribution in [0.2, 0.25) is 0 Å². The van der Waals surface area contributed by atoms with Gasteiger partial charge in [-0.15, -0.1) is 0 Å². The molecule has 0 bridgehead atoms. The van der Waals surface area contributed by atoms with E-state index in [4.69, 9.17) is 14.2 Å². The highest BCUT2D eigenvalue weighted by Gasteiger charge is 2.62. The molecule has 0 aromatic heterocycles. The number of epoxide rings is 1. The summed E-state index contributed by atoms with van der Waals surface area (Å²) in [6, 6.07) is 0. The van der Waals surface area contributed by atoms with Gasteiger partial charge in [-0.2, -0.15) is 0 Å². The van der Waals surface area contributed by atoms with Crippen molar-refractivity contribution in [2.24, 2.45) is 11.3 Å². The van der Waals surface area contributed by atoms with Crippen LogP contribution in [0.3, 0.4) is 0 Å². The van der Waals surface area contributed by atoms with Crippen molar-refractivity contribution in [2.75, 3.05) is 13.2 Å². The molecular weight excluding hydrogens is 204 g/mol. The van der Waals surface area contributed by atoms with Crippen molar-refractivity contribution in [3.05, 3.63) is 0 Å². The number of hydrogen-bond donors (Lipinski definition) is 0. The highest BCUT2D eigenvalue weighted by molar-refractivity contribution is 5.09. The average Bonchev–Trinajstić information content (AvgIpc) is 2.96. The second-order valence-electron chi connectivity index (χ2n) is 6.19. The van der Waals surface area contributed by atoms with E-state index in [1.165, 1.54) is 19.3 Å². The molecular formula is C13H20O3. The Morgan fingerprint density at radius 1 is 1.06 bits per heavy atom. The van der Waals surface area contributed by atoms with Crippen LogP contribution in [-0.4, -0.2) is 31.2 Å². The molecule has 0 N–H and O–H groups in total. The van der Waals surface area contributed by atoms with Crippen LogP contribution in [0.25, 0.3) is 0 Å². The molecule has 2 aliphatic carbocycles. The Kier molecular flexibility index (Phi) is 1.85. The first-order valence-electron chi connectivity index (χ1n) is 6.65. The van der Waals surface area contributed by atoms with Gasteiger partial charge in [0.2, 0.25) is 0 Å². The molecule has 4 fully saturated rings. The number of rotatable bonds is 0. The largest absolute Gasteiger partial charge is 0.369 e. The maximum atomic E-state index is 5.86. The summed E-state index contributed by atoms with van der Waals surface area (Å²) in [5.74, 6) is 0.523. The first kappa shape index (κ1) is 9.86. The summed E-state index contributed by atoms with van der Waals surface area (Å²) in [4.78, 5) is 0. The summed E-state index contributed by atoms with van der Waals surface area (Å²) < 4.78 is 17.5. The number of hydrogen-bond acceptors (Lipinski definition) is 3. The minimum absolute atomic E-state index is 0.216. The van der Waals surface area contributed by atoms with Crippen molar-refractivity contribution in [3.8, 4) is 0 Å². The van der Waals surface area contributed by atoms with Gasteiger partial charge in [0.15, 0.2) is 5.79 Å². The topological polar surface area (TPSA) is 31.0 Å². The van der Waals surface area contributed by atoms with Crippen LogP contribution in [0.5, 0.6) is 0 Å². The van der Waals surface area contributed by atoms with E-state index in [1.54, 1.807) is 0 Å². The Balaban J connectivity index is 1.59. The van der Waals surface area contributed by atoms with Gasteiger partial charge in [-0.3, -0.25) is 0 Å². The lowest BCUT2D eigenvalue weighted by Gasteiger charge is -2.48. The fourth-order valence-corrected chi connectivity index (χ4v) is 4.25. The number of fused-ring (bicyclic) bond motifs is 3. The summed E-state index contributed by atoms with van der Waals surface area (Å²) in [5.41, 5.74) is 0.406. The van der Waals surface area contributed by atoms with Crippen LogP contribution in [0.4, 0.5) is 0 Å². The lowest BCUT2D eigenvalue weighted by Crippen LogP contribution is -2.49. The zero-order valence-electron chi connectivity index (χ0n) is 9.91. The summed E-state index contributed by atoms with van der Waals surface area (Å²) >= 11 is 0. The lowest BCUT2D eigenvalue weighted by atomic mass is 9.59. The van der Waals surface area contributed by atoms with E-state index in [1.807, 2.05) is 0 Å². The third-order valence-corrected chi connectivity index (χ3v) is 5.38. The Hall–Kier alpha value is -0.120. The van der Waals surface area contributed by atoms with Crippen LogP contribution in [0, 0.1) is 11.3 Å². The fraction of sp³-hybridized carbons (Fsp3) is 1.00. The molecule has 2 aliphatic heterocycles. The Morgan fingerprint density at radius 2 is 1.88 bits per heavy atom. The zero-order chi connectivity index (χ0) is 10.8. The molecule has 1 spiro atoms. The molecule has 2 saturated heterocycles. The monoisotopic (exact) mass is 224 g/mol. The van der Waals surface area contributed by atoms with Crippen molar-refractivity contribution in [3.63, 3.8) is 0 Å². The van der Waals surface area contributed by atoms with Crippen molar-refractivity contribution in [2.45, 2.75) is 57.0 Å². The summed E-state index contributed by atoms with van der Waals surface area (Å²) in [6.45, 7) is 3.99. The molecule has 0 unspecified atom stereocenters. The van der Waals surface area contributed by atoms with Crippen LogP contribution in [0.15, 0.2) is 0 Å². The molecule has 3 nitrogen and oxygen atoms in total. The van der Waals surface area contributed by atoms with Gasteiger partial charge < -0.3 is 14.2 Å². The van der Waals surface area contributed by atoms with Gasteiger partial charge in [-0.05, 0) is 30.6 Å². The van der Waals surface area contributed by atoms with Gasteiger partial charge in [0.1, 0.15) is 0 Å². The first-order valence-corrected chi connectivity index (χ1v) is 6.65. The van der Waals surface area contributed by atoms with Gasteiger partial charge in [0.05, 0.1) is 25.4 Å². The molecule has 0 amide bonds. The molecule has 0 radical (unpaired) electrons. The number of ether oxygens (including phenoxy) is 3. The molecule has 4 atom stereocenters. The van der Waals surface area contributed by atoms with Gasteiger partial charge in [0, 0.05) is 12.8 Å². The van der Waals surface area contributed by atoms with Crippen LogP contribution < -0.4 is 0 Å². The van der Waals surface area contributed by atoms with Gasteiger partial charge in [-0.25, -0.2) is 0 Å². The van der Waals surface area contributed by atoms with Crippen molar-refractivity contribution >= 4 is 0 Å². The molecule has 2 saturated carbocycles. The molecule has 4 rings (SSSR count). The minimum atomic E-state index is -0.216. The zero-order valence-corrected chi connectivity index (χ0v) is 9.91. The summed E-state index contributed by atoms with van der Waals surface area (Å²) in [5, 5.41) is 0. The summed E-state index contributed by atoms with van der Waals surface area (Å²) in [6.07, 6.45) is 7.04. The molecule has 90 valence electrons. The van der Waals surface area contributed by atoms with Crippen LogP contribution in [0.1, 0.15) is 39.0 Å². The maximum Gasteiger partial charge on any atom is 0.168 e. The standard InChI is InChI=1S/C13H20O3/c1-12-4-5-13(14-6-7-15-13)8-9(12)2-3-10-11(12)16-10/h9-11H,2-8H2,1H3/t9-,10+,11-,12-/m0/s1. The normalized spacial score (nSPS) is 53.4. The predicted octanol–water partition coefficient (Wildman–Crippen LogP) is 2.10. The third-order valence-electron chi connectivity index (χ3n) is 5.38. The Morgan fingerprint density at radius 3 is 2.69 bits per heavy atom. The van der Waals surface area contributed by atoms with Gasteiger partial charge in [-0.1, -0.05) is 6.92 Å². The fourth-order valence-electron chi connectivity index (χ4n) is 4.25. The second kappa shape index (κ2) is 3.01. The van der Waals surface area contributed by atoms with E-state index in [0.717, 1.165) is 32.0 Å². The second-order valence-corrected chi connectivity index (χ2v) is 6.19. The highest BCUT2D eigenvalue weighted by Crippen LogP contribution is 2.60.